The van der Waals surface area contributed by atoms with Gasteiger partial charge in [0.05, 0.1) is 142 Å². The number of fused-ring (bicyclic) bond motifs is 6. The normalized spacial score (nSPS) is 27.1. The molecule has 7 N–H and O–H groups in total. The fraction of sp³-hybridized carbons (Fsp3) is 0.656. The maximum atomic E-state index is 14.8. The molecule has 3 amide bonds. The number of rotatable bonds is 37. The largest absolute Gasteiger partial charge is 0.461 e. The molecule has 15 atom stereocenters. The zero-order chi connectivity index (χ0) is 90.1. The number of piperidine rings is 1. The molecule has 696 valence electrons. The zero-order valence-electron chi connectivity index (χ0n) is 75.3. The van der Waals surface area contributed by atoms with Crippen molar-refractivity contribution in [2.24, 2.45) is 35.5 Å². The smallest absolute Gasteiger partial charge is 0.407 e. The molecule has 7 heterocycles. The molecule has 1 saturated carbocycles. The fourth-order valence-electron chi connectivity index (χ4n) is 17.3. The Kier molecular flexibility index (Phi) is 40.3. The molecule has 2 bridgehead atoms. The van der Waals surface area contributed by atoms with Gasteiger partial charge in [-0.25, -0.2) is 24.2 Å². The summed E-state index contributed by atoms with van der Waals surface area (Å²) in [5, 5.41) is 32.2. The van der Waals surface area contributed by atoms with Gasteiger partial charge in [-0.2, -0.15) is 10.1 Å². The lowest BCUT2D eigenvalue weighted by atomic mass is 9.78. The summed E-state index contributed by atoms with van der Waals surface area (Å²) in [5.41, 5.74) is 20.2. The second-order valence-corrected chi connectivity index (χ2v) is 34.0. The van der Waals surface area contributed by atoms with Gasteiger partial charge in [-0.3, -0.25) is 19.2 Å². The van der Waals surface area contributed by atoms with Crippen LogP contribution in [0.25, 0.3) is 33.4 Å². The van der Waals surface area contributed by atoms with Gasteiger partial charge in [0.2, 0.25) is 11.7 Å². The summed E-state index contributed by atoms with van der Waals surface area (Å²) < 4.78 is 88.7. The number of cyclic esters (lactones) is 1. The number of amides is 3. The summed E-state index contributed by atoms with van der Waals surface area (Å²) in [6, 6.07) is 10.8. The zero-order valence-corrected chi connectivity index (χ0v) is 75.3. The molecule has 33 heteroatoms. The van der Waals surface area contributed by atoms with Crippen molar-refractivity contribution in [2.45, 2.75) is 212 Å². The number of nitrogens with one attached hydrogen (secondary N) is 1. The number of esters is 1. The summed E-state index contributed by atoms with van der Waals surface area (Å²) in [7, 11) is 4.61. The average Bonchev–Trinajstić information content (AvgIpc) is 1.01. The first-order valence-corrected chi connectivity index (χ1v) is 44.9. The number of Topliss-reactive ketones (excluding diaryl/α,β-unsaturated/α-hetero) is 2. The van der Waals surface area contributed by atoms with Gasteiger partial charge in [-0.15, -0.1) is 0 Å². The molecule has 0 radical (unpaired) electrons. The molecule has 10 rings (SSSR count). The number of benzene rings is 2. The van der Waals surface area contributed by atoms with E-state index in [1.54, 1.807) is 34.1 Å². The lowest BCUT2D eigenvalue weighted by Crippen LogP contribution is -2.61. The summed E-state index contributed by atoms with van der Waals surface area (Å²) in [6.07, 6.45) is 15.1. The van der Waals surface area contributed by atoms with Crippen LogP contribution >= 0.6 is 0 Å². The molecule has 2 aromatic carbocycles. The number of carbonyl (C=O) groups is 6. The van der Waals surface area contributed by atoms with E-state index in [0.29, 0.717) is 235 Å². The molecule has 33 nitrogen and oxygen atoms in total. The highest BCUT2D eigenvalue weighted by Crippen LogP contribution is 2.40. The number of nitrogen functional groups attached to an aromatic ring is 2. The number of alkyl carbamates (subject to hydrolysis) is 1. The standard InChI is InChI=1S/C93H136N10O23/c1-60-16-12-11-13-17-62(3)78(112-8)56-72-25-20-66(7)93(111,126-72)86(107)89(108)102-32-15-14-18-74(102)90(109)123-75(26-19-61(2)51-65(6)84(106)85(114-10)83(105)64(5)50-60)63(4)52-67-22-27-77(79(54-67)113-9)125-92(110)96-31-35-116-37-39-118-41-43-120-45-47-122-49-48-121-46-44-119-42-40-117-38-36-115-34-30-80(104)101-33-29-69-53-68(21-23-71(69)58-101)57-103-88-81(87(94)97-59-98-88)82(100-103)70-24-28-76-73(55-70)99-91(95)124-76/h11-13,16-17,21,23-24,28,51,53,55,59-61,63-64,66-67,72,74-75,77-79,84-85,106,111H,14-15,18-20,22,25-27,29-50,52,54,56-58H2,1-10H3,(H2,95,99)(H,96,110)(H2,94,97,98)/b13-11+,16-12+,62-17+,65-51+/t60-,61+,63-,64-,66-,67+,72+,74+,75+,77-,78+,79-,84-,85+,93-/m1/s1. The Bertz CT molecular complexity index is 4420. The van der Waals surface area contributed by atoms with Gasteiger partial charge in [-0.1, -0.05) is 89.3 Å². The van der Waals surface area contributed by atoms with Crippen LogP contribution in [-0.2, 0) is 110 Å². The fourth-order valence-corrected chi connectivity index (χ4v) is 17.3. The third-order valence-corrected chi connectivity index (χ3v) is 24.5. The van der Waals surface area contributed by atoms with Crippen molar-refractivity contribution in [3.05, 3.63) is 107 Å². The maximum absolute atomic E-state index is 14.8. The number of ether oxygens (including phenoxy) is 14. The van der Waals surface area contributed by atoms with Crippen LogP contribution in [0.15, 0.2) is 94.7 Å². The Balaban J connectivity index is 0.547. The lowest BCUT2D eigenvalue weighted by Gasteiger charge is -2.42. The number of carbonyl (C=O) groups excluding carboxylic acids is 6. The minimum Gasteiger partial charge on any atom is -0.461 e. The minimum atomic E-state index is -2.43. The van der Waals surface area contributed by atoms with Crippen molar-refractivity contribution in [1.29, 1.82) is 0 Å². The molecule has 2 saturated heterocycles. The monoisotopic (exact) mass is 1760 g/mol. The van der Waals surface area contributed by atoms with Gasteiger partial charge < -0.3 is 108 Å². The molecule has 4 aliphatic heterocycles. The quantitative estimate of drug-likeness (QED) is 0.0107. The summed E-state index contributed by atoms with van der Waals surface area (Å²) >= 11 is 0. The van der Waals surface area contributed by atoms with Gasteiger partial charge in [-0.05, 0) is 167 Å². The molecule has 5 aromatic rings. The van der Waals surface area contributed by atoms with E-state index in [9.17, 15) is 39.0 Å². The number of aromatic nitrogens is 5. The number of hydrogen-bond donors (Lipinski definition) is 5. The molecule has 3 aromatic heterocycles. The molecule has 5 aliphatic rings. The predicted molar refractivity (Wildman–Crippen MR) is 470 cm³/mol. The van der Waals surface area contributed by atoms with Crippen LogP contribution in [0.5, 0.6) is 0 Å². The van der Waals surface area contributed by atoms with Crippen LogP contribution in [0.2, 0.25) is 0 Å². The first-order valence-electron chi connectivity index (χ1n) is 44.9. The molecule has 3 fully saturated rings. The first kappa shape index (κ1) is 99.6. The minimum absolute atomic E-state index is 0.0292. The summed E-state index contributed by atoms with van der Waals surface area (Å²) in [4.78, 5) is 100. The average molecular weight is 1760 g/mol. The Morgan fingerprint density at radius 1 is 0.690 bits per heavy atom. The Morgan fingerprint density at radius 3 is 2.05 bits per heavy atom. The van der Waals surface area contributed by atoms with Crippen LogP contribution in [-0.4, -0.2) is 281 Å². The highest BCUT2D eigenvalue weighted by molar-refractivity contribution is 6.39. The Hall–Kier alpha value is -8.52. The number of hydrogen-bond acceptors (Lipinski definition) is 29. The van der Waals surface area contributed by atoms with E-state index in [1.165, 1.54) is 23.9 Å². The molecule has 1 aliphatic carbocycles. The number of oxazole rings is 1. The van der Waals surface area contributed by atoms with E-state index < -0.39 is 90.1 Å². The number of nitrogens with two attached hydrogens (primary N) is 2. The number of methoxy groups -OCH3 is 3. The number of allylic oxidation sites excluding steroid dienone is 6. The second kappa shape index (κ2) is 51.0. The number of aliphatic hydroxyl groups is 2. The van der Waals surface area contributed by atoms with Crippen molar-refractivity contribution >= 4 is 69.4 Å². The van der Waals surface area contributed by atoms with Crippen LogP contribution in [0.3, 0.4) is 0 Å². The summed E-state index contributed by atoms with van der Waals surface area (Å²) in [5.74, 6) is -6.38. The number of anilines is 2. The Labute approximate surface area is 739 Å². The van der Waals surface area contributed by atoms with Crippen molar-refractivity contribution in [3.8, 4) is 11.3 Å². The van der Waals surface area contributed by atoms with Crippen molar-refractivity contribution in [3.63, 3.8) is 0 Å². The molecular weight excluding hydrogens is 1630 g/mol. The topological polar surface area (TPSA) is 412 Å². The van der Waals surface area contributed by atoms with Crippen LogP contribution in [0, 0.1) is 35.5 Å². The number of nitrogens with zero attached hydrogens (tertiary/aromatic N) is 7. The van der Waals surface area contributed by atoms with Gasteiger partial charge in [0.15, 0.2) is 17.0 Å². The van der Waals surface area contributed by atoms with Gasteiger partial charge in [0.1, 0.15) is 53.8 Å². The van der Waals surface area contributed by atoms with Gasteiger partial charge >= 0.3 is 12.1 Å². The lowest BCUT2D eigenvalue weighted by molar-refractivity contribution is -0.265. The Morgan fingerprint density at radius 2 is 1.37 bits per heavy atom. The van der Waals surface area contributed by atoms with Gasteiger partial charge in [0.25, 0.3) is 17.7 Å². The highest BCUT2D eigenvalue weighted by atomic mass is 16.6. The maximum Gasteiger partial charge on any atom is 0.407 e. The summed E-state index contributed by atoms with van der Waals surface area (Å²) in [6.45, 7) is 21.2. The van der Waals surface area contributed by atoms with Crippen molar-refractivity contribution in [1.82, 2.24) is 39.8 Å². The van der Waals surface area contributed by atoms with E-state index in [2.05, 4.69) is 38.5 Å². The van der Waals surface area contributed by atoms with E-state index in [4.69, 9.17) is 87.3 Å². The number of ketones is 2. The third-order valence-electron chi connectivity index (χ3n) is 24.5. The van der Waals surface area contributed by atoms with Crippen molar-refractivity contribution in [2.75, 3.05) is 158 Å². The van der Waals surface area contributed by atoms with Crippen LogP contribution < -0.4 is 16.8 Å². The molecular formula is C93H136N10O23. The second-order valence-electron chi connectivity index (χ2n) is 34.0. The predicted octanol–water partition coefficient (Wildman–Crippen LogP) is 10.0. The molecule has 0 unspecified atom stereocenters. The molecule has 0 spiro atoms. The first-order chi connectivity index (χ1) is 60.9. The van der Waals surface area contributed by atoms with E-state index in [0.717, 1.165) is 28.7 Å². The van der Waals surface area contributed by atoms with E-state index >= 15 is 0 Å². The van der Waals surface area contributed by atoms with E-state index in [-0.39, 0.29) is 73.9 Å². The highest BCUT2D eigenvalue weighted by Gasteiger charge is 2.53. The van der Waals surface area contributed by atoms with Crippen molar-refractivity contribution < 1.29 is 110 Å². The van der Waals surface area contributed by atoms with Gasteiger partial charge in [0, 0.05) is 71.3 Å². The molecule has 126 heavy (non-hydrogen) atoms. The SMILES string of the molecule is CO[C@H]1C[C@@H]2CC[C@@H](C)[C@@](O)(O2)C(=O)C(=O)N2CCCC[C@H]2C(=O)O[C@H]([C@H](C)C[C@@H]2CC[C@@H](OC(=O)NCCOCCOCCOCCOCCOCCOCCOCCOCCC(=O)N3CCc4cc(Cn5nc(-c6ccc7oc(N)nc7c6)c6c(N)ncnc65)ccc4C3)[C@H](OC)C2)CC[C@H](C)/C=C(\C)[C@@H](O)[C@@H](OC)C(=O)[C@H](C)C[C@H](C)/C=C/C=C/C=C/1C. The number of aliphatic hydroxyl groups excluding tert-OH is 1. The van der Waals surface area contributed by atoms with E-state index in [1.807, 2.05) is 92.8 Å². The third kappa shape index (κ3) is 29.2. The van der Waals surface area contributed by atoms with Crippen LogP contribution in [0.4, 0.5) is 16.6 Å². The van der Waals surface area contributed by atoms with Crippen LogP contribution in [0.1, 0.15) is 155 Å².